The van der Waals surface area contributed by atoms with Crippen molar-refractivity contribution in [3.63, 3.8) is 0 Å². The van der Waals surface area contributed by atoms with Crippen molar-refractivity contribution in [1.29, 1.82) is 0 Å². The van der Waals surface area contributed by atoms with Gasteiger partial charge in [-0.2, -0.15) is 0 Å². The number of piperidine rings is 1. The molecule has 2 atom stereocenters. The van der Waals surface area contributed by atoms with Crippen LogP contribution >= 0.6 is 0 Å². The Balaban J connectivity index is 2.27. The summed E-state index contributed by atoms with van der Waals surface area (Å²) in [7, 11) is 0. The quantitative estimate of drug-likeness (QED) is 0.745. The van der Waals surface area contributed by atoms with E-state index < -0.39 is 23.8 Å². The molecule has 0 amide bonds. The summed E-state index contributed by atoms with van der Waals surface area (Å²) >= 11 is 0. The Morgan fingerprint density at radius 3 is 2.80 bits per heavy atom. The number of nitrogens with one attached hydrogen (secondary N) is 1. The molecule has 15 heavy (non-hydrogen) atoms. The van der Waals surface area contributed by atoms with Gasteiger partial charge in [-0.1, -0.05) is 6.07 Å². The van der Waals surface area contributed by atoms with E-state index in [1.165, 1.54) is 12.1 Å². The Kier molecular flexibility index (Phi) is 2.98. The van der Waals surface area contributed by atoms with Crippen LogP contribution in [0.2, 0.25) is 0 Å². The molecule has 0 spiro atoms. The van der Waals surface area contributed by atoms with Crippen LogP contribution in [0.5, 0.6) is 0 Å². The lowest BCUT2D eigenvalue weighted by Gasteiger charge is -2.29. The van der Waals surface area contributed by atoms with E-state index in [9.17, 15) is 13.9 Å². The summed E-state index contributed by atoms with van der Waals surface area (Å²) in [6, 6.07) is 3.02. The summed E-state index contributed by atoms with van der Waals surface area (Å²) in [5, 5.41) is 12.7. The van der Waals surface area contributed by atoms with Gasteiger partial charge in [-0.05, 0) is 25.5 Å². The lowest BCUT2D eigenvalue weighted by atomic mass is 9.94. The zero-order chi connectivity index (χ0) is 10.8. The summed E-state index contributed by atoms with van der Waals surface area (Å²) in [5.74, 6) is -1.20. The highest BCUT2D eigenvalue weighted by Crippen LogP contribution is 2.25. The van der Waals surface area contributed by atoms with Crippen molar-refractivity contribution in [1.82, 2.24) is 5.32 Å². The number of halogens is 2. The minimum Gasteiger partial charge on any atom is -0.391 e. The lowest BCUT2D eigenvalue weighted by Crippen LogP contribution is -2.38. The maximum Gasteiger partial charge on any atom is 0.130 e. The van der Waals surface area contributed by atoms with Gasteiger partial charge in [0, 0.05) is 11.6 Å². The normalized spacial score (nSPS) is 26.6. The Labute approximate surface area is 86.9 Å². The predicted octanol–water partition coefficient (Wildman–Crippen LogP) is 1.75. The van der Waals surface area contributed by atoms with E-state index in [-0.39, 0.29) is 0 Å². The second-order valence-corrected chi connectivity index (χ2v) is 3.81. The number of aliphatic hydroxyl groups is 1. The van der Waals surface area contributed by atoms with Gasteiger partial charge in [0.25, 0.3) is 0 Å². The van der Waals surface area contributed by atoms with Gasteiger partial charge in [0.2, 0.25) is 0 Å². The molecule has 0 saturated carbocycles. The standard InChI is InChI=1S/C11H13F2NO/c12-7-3-4-8(9(13)6-7)11-10(15)2-1-5-14-11/h3-4,6,10-11,14-15H,1-2,5H2. The molecule has 1 fully saturated rings. The second-order valence-electron chi connectivity index (χ2n) is 3.81. The van der Waals surface area contributed by atoms with Crippen LogP contribution < -0.4 is 5.32 Å². The number of rotatable bonds is 1. The third kappa shape index (κ3) is 2.16. The molecule has 1 aliphatic heterocycles. The molecule has 1 aromatic carbocycles. The number of benzene rings is 1. The average molecular weight is 213 g/mol. The monoisotopic (exact) mass is 213 g/mol. The first-order chi connectivity index (χ1) is 7.18. The molecule has 2 rings (SSSR count). The zero-order valence-corrected chi connectivity index (χ0v) is 8.21. The van der Waals surface area contributed by atoms with Crippen molar-refractivity contribution >= 4 is 0 Å². The van der Waals surface area contributed by atoms with Gasteiger partial charge < -0.3 is 10.4 Å². The van der Waals surface area contributed by atoms with Crippen molar-refractivity contribution in [2.75, 3.05) is 6.54 Å². The summed E-state index contributed by atoms with van der Waals surface area (Å²) in [5.41, 5.74) is 0.337. The third-order valence-electron chi connectivity index (χ3n) is 2.72. The minimum atomic E-state index is -0.603. The van der Waals surface area contributed by atoms with Crippen molar-refractivity contribution < 1.29 is 13.9 Å². The van der Waals surface area contributed by atoms with Crippen LogP contribution in [0.4, 0.5) is 8.78 Å². The molecule has 1 heterocycles. The van der Waals surface area contributed by atoms with Crippen molar-refractivity contribution in [2.45, 2.75) is 25.0 Å². The minimum absolute atomic E-state index is 0.337. The second kappa shape index (κ2) is 4.24. The Hall–Kier alpha value is -1.00. The van der Waals surface area contributed by atoms with Crippen LogP contribution in [0.3, 0.4) is 0 Å². The summed E-state index contributed by atoms with van der Waals surface area (Å²) in [6.45, 7) is 0.749. The van der Waals surface area contributed by atoms with E-state index in [0.29, 0.717) is 12.0 Å². The Bertz CT molecular complexity index is 356. The van der Waals surface area contributed by atoms with E-state index >= 15 is 0 Å². The fourth-order valence-corrected chi connectivity index (χ4v) is 1.94. The molecular formula is C11H13F2NO. The zero-order valence-electron chi connectivity index (χ0n) is 8.21. The van der Waals surface area contributed by atoms with Crippen LogP contribution in [0, 0.1) is 11.6 Å². The molecule has 0 aliphatic carbocycles. The molecular weight excluding hydrogens is 200 g/mol. The Morgan fingerprint density at radius 2 is 2.13 bits per heavy atom. The first-order valence-electron chi connectivity index (χ1n) is 5.05. The number of hydrogen-bond donors (Lipinski definition) is 2. The maximum absolute atomic E-state index is 13.4. The summed E-state index contributed by atoms with van der Waals surface area (Å²) in [4.78, 5) is 0. The van der Waals surface area contributed by atoms with Gasteiger partial charge in [0.05, 0.1) is 12.1 Å². The molecule has 2 nitrogen and oxygen atoms in total. The SMILES string of the molecule is OC1CCCNC1c1ccc(F)cc1F. The fraction of sp³-hybridized carbons (Fsp3) is 0.455. The van der Waals surface area contributed by atoms with Gasteiger partial charge in [-0.3, -0.25) is 0 Å². The maximum atomic E-state index is 13.4. The highest BCUT2D eigenvalue weighted by molar-refractivity contribution is 5.23. The topological polar surface area (TPSA) is 32.3 Å². The molecule has 1 saturated heterocycles. The first-order valence-corrected chi connectivity index (χ1v) is 5.05. The van der Waals surface area contributed by atoms with Gasteiger partial charge in [0.1, 0.15) is 11.6 Å². The van der Waals surface area contributed by atoms with Gasteiger partial charge in [-0.15, -0.1) is 0 Å². The van der Waals surface area contributed by atoms with E-state index in [0.717, 1.165) is 19.0 Å². The van der Waals surface area contributed by atoms with Crippen LogP contribution in [-0.4, -0.2) is 17.8 Å². The molecule has 2 unspecified atom stereocenters. The molecule has 2 N–H and O–H groups in total. The molecule has 4 heteroatoms. The van der Waals surface area contributed by atoms with Gasteiger partial charge >= 0.3 is 0 Å². The molecule has 0 aromatic heterocycles. The van der Waals surface area contributed by atoms with Gasteiger partial charge in [0.15, 0.2) is 0 Å². The third-order valence-corrected chi connectivity index (χ3v) is 2.72. The highest BCUT2D eigenvalue weighted by Gasteiger charge is 2.26. The predicted molar refractivity (Wildman–Crippen MR) is 52.3 cm³/mol. The Morgan fingerprint density at radius 1 is 1.33 bits per heavy atom. The van der Waals surface area contributed by atoms with Crippen LogP contribution in [0.15, 0.2) is 18.2 Å². The summed E-state index contributed by atoms with van der Waals surface area (Å²) in [6.07, 6.45) is 0.924. The smallest absolute Gasteiger partial charge is 0.130 e. The van der Waals surface area contributed by atoms with Crippen molar-refractivity contribution in [2.24, 2.45) is 0 Å². The summed E-state index contributed by atoms with van der Waals surface area (Å²) < 4.78 is 26.1. The number of aliphatic hydroxyl groups excluding tert-OH is 1. The van der Waals surface area contributed by atoms with E-state index in [4.69, 9.17) is 0 Å². The van der Waals surface area contributed by atoms with Crippen LogP contribution in [0.1, 0.15) is 24.4 Å². The van der Waals surface area contributed by atoms with E-state index in [2.05, 4.69) is 5.32 Å². The molecule has 0 bridgehead atoms. The lowest BCUT2D eigenvalue weighted by molar-refractivity contribution is 0.0948. The molecule has 0 radical (unpaired) electrons. The molecule has 82 valence electrons. The van der Waals surface area contributed by atoms with Crippen LogP contribution in [0.25, 0.3) is 0 Å². The van der Waals surface area contributed by atoms with Crippen LogP contribution in [-0.2, 0) is 0 Å². The fourth-order valence-electron chi connectivity index (χ4n) is 1.94. The largest absolute Gasteiger partial charge is 0.391 e. The van der Waals surface area contributed by atoms with E-state index in [1.54, 1.807) is 0 Å². The first kappa shape index (κ1) is 10.5. The highest BCUT2D eigenvalue weighted by atomic mass is 19.1. The molecule has 1 aromatic rings. The average Bonchev–Trinajstić information content (AvgIpc) is 2.20. The number of hydrogen-bond acceptors (Lipinski definition) is 2. The van der Waals surface area contributed by atoms with E-state index in [1.807, 2.05) is 0 Å². The van der Waals surface area contributed by atoms with Crippen molar-refractivity contribution in [3.8, 4) is 0 Å². The molecule has 1 aliphatic rings. The van der Waals surface area contributed by atoms with Gasteiger partial charge in [-0.25, -0.2) is 8.78 Å². The van der Waals surface area contributed by atoms with Crippen molar-refractivity contribution in [3.05, 3.63) is 35.4 Å².